The Morgan fingerprint density at radius 3 is 2.86 bits per heavy atom. The van der Waals surface area contributed by atoms with E-state index in [9.17, 15) is 0 Å². The van der Waals surface area contributed by atoms with Gasteiger partial charge in [0.1, 0.15) is 0 Å². The van der Waals surface area contributed by atoms with E-state index in [-0.39, 0.29) is 0 Å². The lowest BCUT2D eigenvalue weighted by Crippen LogP contribution is -2.09. The second-order valence-electron chi connectivity index (χ2n) is 2.49. The van der Waals surface area contributed by atoms with Crippen molar-refractivity contribution in [1.29, 1.82) is 0 Å². The van der Waals surface area contributed by atoms with Crippen LogP contribution in [0.5, 0.6) is 0 Å². The largest absolute Gasteiger partial charge is 0.377 e. The molecule has 1 rings (SSSR count). The molecule has 0 spiro atoms. The number of hydrogen-bond donors (Lipinski definition) is 2. The summed E-state index contributed by atoms with van der Waals surface area (Å²) in [5, 5.41) is 4.41. The van der Waals surface area contributed by atoms with Crippen LogP contribution in [0.2, 0.25) is 5.02 Å². The molecule has 6 heteroatoms. The van der Waals surface area contributed by atoms with Crippen LogP contribution in [-0.4, -0.2) is 5.17 Å². The molecule has 0 bridgehead atoms. The number of nitrogens with two attached hydrogens (primary N) is 2. The Balaban J connectivity index is 2.68. The quantitative estimate of drug-likeness (QED) is 0.381. The third kappa shape index (κ3) is 3.40. The molecule has 0 amide bonds. The molecule has 1 aromatic rings. The fourth-order valence-corrected chi connectivity index (χ4v) is 2.28. The highest BCUT2D eigenvalue weighted by Gasteiger charge is 2.02. The minimum atomic E-state index is 0.351. The molecule has 76 valence electrons. The lowest BCUT2D eigenvalue weighted by molar-refractivity contribution is 1.25. The second kappa shape index (κ2) is 5.48. The molecule has 0 fully saturated rings. The summed E-state index contributed by atoms with van der Waals surface area (Å²) in [7, 11) is 0. The van der Waals surface area contributed by atoms with E-state index >= 15 is 0 Å². The first-order valence-electron chi connectivity index (χ1n) is 3.73. The number of rotatable bonds is 2. The zero-order chi connectivity index (χ0) is 10.6. The summed E-state index contributed by atoms with van der Waals surface area (Å²) in [6, 6.07) is 5.70. The smallest absolute Gasteiger partial charge is 0.177 e. The van der Waals surface area contributed by atoms with E-state index in [1.54, 1.807) is 0 Å². The van der Waals surface area contributed by atoms with E-state index in [0.29, 0.717) is 15.9 Å². The third-order valence-electron chi connectivity index (χ3n) is 1.52. The molecule has 0 saturated heterocycles. The topological polar surface area (TPSA) is 64.4 Å². The van der Waals surface area contributed by atoms with Crippen molar-refractivity contribution >= 4 is 44.5 Å². The summed E-state index contributed by atoms with van der Waals surface area (Å²) in [5.74, 6) is 5.67. The van der Waals surface area contributed by atoms with Crippen LogP contribution in [0.1, 0.15) is 5.56 Å². The molecule has 0 atom stereocenters. The summed E-state index contributed by atoms with van der Waals surface area (Å²) in [6.07, 6.45) is 0. The van der Waals surface area contributed by atoms with E-state index in [0.717, 1.165) is 10.0 Å². The molecule has 0 aromatic heterocycles. The van der Waals surface area contributed by atoms with Gasteiger partial charge in [0.15, 0.2) is 5.17 Å². The predicted molar refractivity (Wildman–Crippen MR) is 66.3 cm³/mol. The van der Waals surface area contributed by atoms with Gasteiger partial charge in [-0.15, -0.1) is 0 Å². The summed E-state index contributed by atoms with van der Waals surface area (Å²) in [6.45, 7) is 0. The van der Waals surface area contributed by atoms with Crippen LogP contribution in [0.25, 0.3) is 0 Å². The van der Waals surface area contributed by atoms with Crippen LogP contribution in [0.4, 0.5) is 0 Å². The fraction of sp³-hybridized carbons (Fsp3) is 0.125. The molecule has 14 heavy (non-hydrogen) atoms. The normalized spacial score (nSPS) is 11.7. The Morgan fingerprint density at radius 2 is 2.29 bits per heavy atom. The molecule has 0 aliphatic carbocycles. The van der Waals surface area contributed by atoms with E-state index in [1.165, 1.54) is 11.8 Å². The zero-order valence-corrected chi connectivity index (χ0v) is 10.4. The Kier molecular flexibility index (Phi) is 4.57. The molecule has 0 heterocycles. The Morgan fingerprint density at radius 1 is 1.57 bits per heavy atom. The summed E-state index contributed by atoms with van der Waals surface area (Å²) < 4.78 is 0.955. The van der Waals surface area contributed by atoms with Crippen LogP contribution >= 0.6 is 39.3 Å². The molecule has 0 saturated carbocycles. The van der Waals surface area contributed by atoms with Gasteiger partial charge in [-0.3, -0.25) is 0 Å². The van der Waals surface area contributed by atoms with Gasteiger partial charge >= 0.3 is 0 Å². The first kappa shape index (κ1) is 11.7. The predicted octanol–water partition coefficient (Wildman–Crippen LogP) is 2.52. The number of halogens is 2. The molecule has 0 unspecified atom stereocenters. The Labute approximate surface area is 100 Å². The highest BCUT2D eigenvalue weighted by molar-refractivity contribution is 9.10. The molecule has 1 aromatic carbocycles. The molecular formula is C8H9BrClN3S. The first-order chi connectivity index (χ1) is 6.63. The van der Waals surface area contributed by atoms with Crippen molar-refractivity contribution in [3.05, 3.63) is 33.3 Å². The van der Waals surface area contributed by atoms with Gasteiger partial charge in [-0.05, 0) is 17.7 Å². The van der Waals surface area contributed by atoms with Crippen LogP contribution in [0, 0.1) is 0 Å². The molecule has 4 N–H and O–H groups in total. The maximum absolute atomic E-state index is 6.00. The molecule has 0 aliphatic rings. The fourth-order valence-electron chi connectivity index (χ4n) is 0.828. The second-order valence-corrected chi connectivity index (χ2v) is 4.81. The lowest BCUT2D eigenvalue weighted by atomic mass is 10.2. The summed E-state index contributed by atoms with van der Waals surface area (Å²) >= 11 is 10.7. The average molecular weight is 295 g/mol. The molecular weight excluding hydrogens is 286 g/mol. The minimum Gasteiger partial charge on any atom is -0.377 e. The maximum Gasteiger partial charge on any atom is 0.177 e. The lowest BCUT2D eigenvalue weighted by Gasteiger charge is -2.03. The van der Waals surface area contributed by atoms with Gasteiger partial charge in [-0.1, -0.05) is 45.4 Å². The Hall–Kier alpha value is -0.390. The van der Waals surface area contributed by atoms with Crippen molar-refractivity contribution in [3.63, 3.8) is 0 Å². The monoisotopic (exact) mass is 293 g/mol. The van der Waals surface area contributed by atoms with Crippen molar-refractivity contribution in [2.24, 2.45) is 16.7 Å². The minimum absolute atomic E-state index is 0.351. The van der Waals surface area contributed by atoms with Crippen molar-refractivity contribution in [3.8, 4) is 0 Å². The summed E-state index contributed by atoms with van der Waals surface area (Å²) in [5.41, 5.74) is 6.44. The van der Waals surface area contributed by atoms with E-state index in [4.69, 9.17) is 23.2 Å². The van der Waals surface area contributed by atoms with Gasteiger partial charge in [0.2, 0.25) is 0 Å². The first-order valence-corrected chi connectivity index (χ1v) is 5.89. The van der Waals surface area contributed by atoms with Gasteiger partial charge in [-0.25, -0.2) is 0 Å². The van der Waals surface area contributed by atoms with Crippen LogP contribution in [0.3, 0.4) is 0 Å². The number of hydrogen-bond acceptors (Lipinski definition) is 3. The van der Waals surface area contributed by atoms with Crippen LogP contribution in [-0.2, 0) is 5.75 Å². The maximum atomic E-state index is 6.00. The van der Waals surface area contributed by atoms with E-state index in [1.807, 2.05) is 18.2 Å². The van der Waals surface area contributed by atoms with Gasteiger partial charge in [0.05, 0.1) is 0 Å². The standard InChI is InChI=1S/C8H9BrClN3S/c9-6-2-1-5(7(10)3-6)4-14-8(11)13-12/h1-3H,4,12H2,(H2,11,13). The molecule has 0 radical (unpaired) electrons. The number of amidine groups is 1. The zero-order valence-electron chi connectivity index (χ0n) is 7.21. The highest BCUT2D eigenvalue weighted by atomic mass is 79.9. The Bertz CT molecular complexity index is 356. The van der Waals surface area contributed by atoms with Crippen LogP contribution < -0.4 is 11.6 Å². The number of hydrazone groups is 1. The summed E-state index contributed by atoms with van der Waals surface area (Å²) in [4.78, 5) is 0. The number of benzene rings is 1. The van der Waals surface area contributed by atoms with Gasteiger partial charge in [0.25, 0.3) is 0 Å². The van der Waals surface area contributed by atoms with Crippen molar-refractivity contribution < 1.29 is 0 Å². The molecule has 0 aliphatic heterocycles. The number of thioether (sulfide) groups is 1. The average Bonchev–Trinajstić information content (AvgIpc) is 2.16. The van der Waals surface area contributed by atoms with Gasteiger partial charge < -0.3 is 11.6 Å². The SMILES string of the molecule is N/N=C(/N)SCc1ccc(Br)cc1Cl. The van der Waals surface area contributed by atoms with Crippen LogP contribution in [0.15, 0.2) is 27.8 Å². The van der Waals surface area contributed by atoms with Gasteiger partial charge in [0, 0.05) is 15.2 Å². The number of nitrogens with zero attached hydrogens (tertiary/aromatic N) is 1. The van der Waals surface area contributed by atoms with Gasteiger partial charge in [-0.2, -0.15) is 5.10 Å². The van der Waals surface area contributed by atoms with E-state index < -0.39 is 0 Å². The third-order valence-corrected chi connectivity index (χ3v) is 3.22. The molecule has 3 nitrogen and oxygen atoms in total. The highest BCUT2D eigenvalue weighted by Crippen LogP contribution is 2.24. The van der Waals surface area contributed by atoms with Crippen molar-refractivity contribution in [2.75, 3.05) is 0 Å². The van der Waals surface area contributed by atoms with E-state index in [2.05, 4.69) is 21.0 Å². The van der Waals surface area contributed by atoms with Crippen molar-refractivity contribution in [2.45, 2.75) is 5.75 Å². The van der Waals surface area contributed by atoms with Crippen molar-refractivity contribution in [1.82, 2.24) is 0 Å².